The van der Waals surface area contributed by atoms with Crippen LogP contribution in [0.5, 0.6) is 5.75 Å². The normalized spacial score (nSPS) is 10.5. The fraction of sp³-hybridized carbons (Fsp3) is 0.0800. The molecule has 2 N–H and O–H groups in total. The molecule has 0 saturated carbocycles. The van der Waals surface area contributed by atoms with E-state index < -0.39 is 23.1 Å². The van der Waals surface area contributed by atoms with Gasteiger partial charge in [0.1, 0.15) is 28.0 Å². The van der Waals surface area contributed by atoms with Gasteiger partial charge in [0.2, 0.25) is 0 Å². The summed E-state index contributed by atoms with van der Waals surface area (Å²) in [5.74, 6) is -3.61. The average Bonchev–Trinajstić information content (AvgIpc) is 3.60. The quantitative estimate of drug-likeness (QED) is 0.221. The molecular formula is C25H18BrF2N5O2S2. The van der Waals surface area contributed by atoms with Gasteiger partial charge in [-0.3, -0.25) is 14.8 Å². The molecule has 0 radical (unpaired) electrons. The number of halogens is 3. The smallest absolute Gasteiger partial charge is 0.254 e. The summed E-state index contributed by atoms with van der Waals surface area (Å²) in [6.45, 7) is -0.0295. The molecule has 0 aliphatic carbocycles. The maximum atomic E-state index is 14.1. The minimum Gasteiger partial charge on any atom is -0.483 e. The number of amides is 1. The molecule has 4 aromatic heterocycles. The Morgan fingerprint density at radius 3 is 1.97 bits per heavy atom. The van der Waals surface area contributed by atoms with Crippen LogP contribution in [0.4, 0.5) is 8.78 Å². The van der Waals surface area contributed by atoms with Crippen LogP contribution in [0.1, 0.15) is 20.4 Å². The van der Waals surface area contributed by atoms with Crippen LogP contribution in [0.2, 0.25) is 0 Å². The molecule has 1 amide bonds. The van der Waals surface area contributed by atoms with E-state index in [2.05, 4.69) is 35.9 Å². The molecule has 37 heavy (non-hydrogen) atoms. The van der Waals surface area contributed by atoms with Crippen LogP contribution in [-0.4, -0.2) is 25.8 Å². The molecule has 0 saturated heterocycles. The lowest BCUT2D eigenvalue weighted by atomic mass is 10.2. The number of rotatable bonds is 7. The number of carbonyl (C=O) groups is 1. The second kappa shape index (κ2) is 12.6. The van der Waals surface area contributed by atoms with Crippen LogP contribution in [0.3, 0.4) is 0 Å². The molecule has 7 nitrogen and oxygen atoms in total. The Balaban J connectivity index is 0.000000207. The van der Waals surface area contributed by atoms with Gasteiger partial charge < -0.3 is 10.5 Å². The van der Waals surface area contributed by atoms with Gasteiger partial charge >= 0.3 is 0 Å². The second-order valence-corrected chi connectivity index (χ2v) is 9.65. The highest BCUT2D eigenvalue weighted by molar-refractivity contribution is 9.08. The predicted molar refractivity (Wildman–Crippen MR) is 143 cm³/mol. The van der Waals surface area contributed by atoms with Crippen LogP contribution >= 0.6 is 38.6 Å². The number of pyridine rings is 2. The number of alkyl halides is 1. The van der Waals surface area contributed by atoms with Gasteiger partial charge in [0.05, 0.1) is 28.1 Å². The van der Waals surface area contributed by atoms with Gasteiger partial charge in [-0.2, -0.15) is 0 Å². The van der Waals surface area contributed by atoms with Crippen LogP contribution in [0.15, 0.2) is 71.7 Å². The summed E-state index contributed by atoms with van der Waals surface area (Å²) in [5, 5.41) is 6.31. The Kier molecular flexibility index (Phi) is 8.99. The van der Waals surface area contributed by atoms with Gasteiger partial charge in [-0.15, -0.1) is 22.7 Å². The number of benzene rings is 1. The third-order valence-electron chi connectivity index (χ3n) is 4.73. The van der Waals surface area contributed by atoms with Crippen molar-refractivity contribution in [3.63, 3.8) is 0 Å². The van der Waals surface area contributed by atoms with Crippen molar-refractivity contribution in [1.82, 2.24) is 19.9 Å². The average molecular weight is 602 g/mol. The summed E-state index contributed by atoms with van der Waals surface area (Å²) in [6.07, 6.45) is 3.44. The Labute approximate surface area is 227 Å². The molecule has 0 aliphatic rings. The lowest BCUT2D eigenvalue weighted by Gasteiger charge is -2.08. The van der Waals surface area contributed by atoms with Crippen molar-refractivity contribution >= 4 is 44.5 Å². The van der Waals surface area contributed by atoms with E-state index in [0.717, 1.165) is 33.9 Å². The largest absolute Gasteiger partial charge is 0.483 e. The Morgan fingerprint density at radius 1 is 0.865 bits per heavy atom. The highest BCUT2D eigenvalue weighted by atomic mass is 79.9. The van der Waals surface area contributed by atoms with Crippen molar-refractivity contribution < 1.29 is 18.3 Å². The molecule has 5 aromatic rings. The standard InChI is InChI=1S/C16H11F2N3O2S.C9H7BrN2S/c17-9-4-5-12(15(18)14(9)16(19)22)23-7-13-21-11(8-24-13)10-3-1-2-6-20-10;10-5-9-12-8(6-13-9)7-3-1-2-4-11-7/h1-6,8H,7H2,(H2,19,22);1-4,6H,5H2. The molecule has 5 rings (SSSR count). The lowest BCUT2D eigenvalue weighted by molar-refractivity contribution is 0.0991. The number of aromatic nitrogens is 4. The van der Waals surface area contributed by atoms with Crippen LogP contribution in [0.25, 0.3) is 22.8 Å². The Morgan fingerprint density at radius 2 is 1.46 bits per heavy atom. The topological polar surface area (TPSA) is 104 Å². The minimum absolute atomic E-state index is 0.0295. The molecule has 12 heteroatoms. The van der Waals surface area contributed by atoms with Crippen molar-refractivity contribution in [2.75, 3.05) is 0 Å². The zero-order chi connectivity index (χ0) is 26.2. The summed E-state index contributed by atoms with van der Waals surface area (Å²) in [5.41, 5.74) is 7.43. The van der Waals surface area contributed by atoms with Gasteiger partial charge in [-0.25, -0.2) is 18.7 Å². The van der Waals surface area contributed by atoms with E-state index in [1.54, 1.807) is 35.2 Å². The van der Waals surface area contributed by atoms with E-state index in [4.69, 9.17) is 10.5 Å². The second-order valence-electron chi connectivity index (χ2n) is 7.20. The maximum Gasteiger partial charge on any atom is 0.254 e. The van der Waals surface area contributed by atoms with Crippen LogP contribution in [-0.2, 0) is 11.9 Å². The Hall–Kier alpha value is -3.61. The molecule has 1 aromatic carbocycles. The van der Waals surface area contributed by atoms with Crippen molar-refractivity contribution in [2.45, 2.75) is 11.9 Å². The molecule has 0 aliphatic heterocycles. The molecule has 0 bridgehead atoms. The third-order valence-corrected chi connectivity index (χ3v) is 7.30. The summed E-state index contributed by atoms with van der Waals surface area (Å²) in [6, 6.07) is 13.3. The number of nitrogens with two attached hydrogens (primary N) is 1. The zero-order valence-electron chi connectivity index (χ0n) is 19.0. The number of hydrogen-bond acceptors (Lipinski definition) is 8. The highest BCUT2D eigenvalue weighted by Crippen LogP contribution is 2.26. The fourth-order valence-corrected chi connectivity index (χ4v) is 4.88. The number of nitrogens with zero attached hydrogens (tertiary/aromatic N) is 4. The van der Waals surface area contributed by atoms with E-state index in [-0.39, 0.29) is 12.4 Å². The molecule has 4 heterocycles. The van der Waals surface area contributed by atoms with Crippen LogP contribution < -0.4 is 10.5 Å². The van der Waals surface area contributed by atoms with Crippen molar-refractivity contribution in [3.05, 3.63) is 98.9 Å². The highest BCUT2D eigenvalue weighted by Gasteiger charge is 2.19. The number of hydrogen-bond donors (Lipinski definition) is 1. The number of primary amides is 1. The molecule has 0 unspecified atom stereocenters. The van der Waals surface area contributed by atoms with E-state index in [1.165, 1.54) is 11.3 Å². The molecular weight excluding hydrogens is 584 g/mol. The molecule has 188 valence electrons. The van der Waals surface area contributed by atoms with Crippen LogP contribution in [0, 0.1) is 11.6 Å². The first-order chi connectivity index (χ1) is 18.0. The summed E-state index contributed by atoms with van der Waals surface area (Å²) >= 11 is 6.34. The predicted octanol–water partition coefficient (Wildman–Crippen LogP) is 6.26. The van der Waals surface area contributed by atoms with Gasteiger partial charge in [-0.05, 0) is 36.4 Å². The Bertz CT molecular complexity index is 1480. The SMILES string of the molecule is BrCc1nc(-c2ccccn2)cs1.NC(=O)c1c(F)ccc(OCc2nc(-c3ccccn3)cs2)c1F. The summed E-state index contributed by atoms with van der Waals surface area (Å²) in [7, 11) is 0. The van der Waals surface area contributed by atoms with E-state index in [9.17, 15) is 13.6 Å². The monoisotopic (exact) mass is 601 g/mol. The minimum atomic E-state index is -1.19. The van der Waals surface area contributed by atoms with Crippen molar-refractivity contribution in [3.8, 4) is 28.5 Å². The third kappa shape index (κ3) is 6.79. The van der Waals surface area contributed by atoms with E-state index >= 15 is 0 Å². The van der Waals surface area contributed by atoms with Gasteiger partial charge in [0.15, 0.2) is 11.6 Å². The molecule has 0 atom stereocenters. The summed E-state index contributed by atoms with van der Waals surface area (Å²) < 4.78 is 32.8. The first-order valence-electron chi connectivity index (χ1n) is 10.6. The number of ether oxygens (including phenoxy) is 1. The first kappa shape index (κ1) is 26.5. The van der Waals surface area contributed by atoms with Gasteiger partial charge in [-0.1, -0.05) is 28.1 Å². The van der Waals surface area contributed by atoms with E-state index in [1.807, 2.05) is 35.7 Å². The fourth-order valence-electron chi connectivity index (χ4n) is 3.02. The van der Waals surface area contributed by atoms with Gasteiger partial charge in [0.25, 0.3) is 5.91 Å². The van der Waals surface area contributed by atoms with E-state index in [0.29, 0.717) is 16.4 Å². The maximum absolute atomic E-state index is 14.1. The van der Waals surface area contributed by atoms with Crippen molar-refractivity contribution in [1.29, 1.82) is 0 Å². The molecule has 0 spiro atoms. The zero-order valence-corrected chi connectivity index (χ0v) is 22.2. The number of thiazole rings is 2. The lowest BCUT2D eigenvalue weighted by Crippen LogP contribution is -2.16. The molecule has 0 fully saturated rings. The number of carbonyl (C=O) groups excluding carboxylic acids is 1. The van der Waals surface area contributed by atoms with Gasteiger partial charge in [0, 0.05) is 23.2 Å². The first-order valence-corrected chi connectivity index (χ1v) is 13.5. The van der Waals surface area contributed by atoms with Crippen molar-refractivity contribution in [2.24, 2.45) is 5.73 Å². The summed E-state index contributed by atoms with van der Waals surface area (Å²) in [4.78, 5) is 28.3.